The average molecular weight is 336 g/mol. The maximum atomic E-state index is 5.96. The minimum absolute atomic E-state index is 0.389. The number of halogens is 2. The number of rotatable bonds is 1. The summed E-state index contributed by atoms with van der Waals surface area (Å²) in [5.74, 6) is 0.546. The molecule has 4 rings (SSSR count). The number of fused-ring (bicyclic) bond motifs is 1. The van der Waals surface area contributed by atoms with Crippen molar-refractivity contribution < 1.29 is 13.9 Å². The van der Waals surface area contributed by atoms with Gasteiger partial charge in [-0.25, -0.2) is 4.98 Å². The van der Waals surface area contributed by atoms with Crippen LogP contribution in [0, 0.1) is 0 Å². The molecule has 0 bridgehead atoms. The van der Waals surface area contributed by atoms with Crippen molar-refractivity contribution in [2.75, 3.05) is 6.79 Å². The van der Waals surface area contributed by atoms with Gasteiger partial charge in [0.05, 0.1) is 10.0 Å². The Kier molecular flexibility index (Phi) is 4.51. The Morgan fingerprint density at radius 1 is 0.909 bits per heavy atom. The third-order valence-electron chi connectivity index (χ3n) is 2.84. The van der Waals surface area contributed by atoms with E-state index in [9.17, 15) is 0 Å². The molecule has 0 amide bonds. The van der Waals surface area contributed by atoms with E-state index in [2.05, 4.69) is 14.5 Å². The number of nitrogens with zero attached hydrogens (tertiary/aromatic N) is 1. The van der Waals surface area contributed by atoms with Crippen molar-refractivity contribution in [3.63, 3.8) is 0 Å². The zero-order valence-corrected chi connectivity index (χ0v) is 12.8. The molecule has 2 aromatic carbocycles. The number of aromatic nitrogens is 1. The Morgan fingerprint density at radius 3 is 2.32 bits per heavy atom. The van der Waals surface area contributed by atoms with Crippen LogP contribution in [0.25, 0.3) is 22.6 Å². The first-order chi connectivity index (χ1) is 10.7. The van der Waals surface area contributed by atoms with Crippen LogP contribution < -0.4 is 0 Å². The van der Waals surface area contributed by atoms with Gasteiger partial charge in [-0.1, -0.05) is 35.3 Å². The Bertz CT molecular complexity index is 775. The predicted molar refractivity (Wildman–Crippen MR) is 85.6 cm³/mol. The van der Waals surface area contributed by atoms with Crippen LogP contribution in [0.2, 0.25) is 10.0 Å². The minimum Gasteiger partial charge on any atom is -0.462 e. The van der Waals surface area contributed by atoms with Crippen LogP contribution in [0.15, 0.2) is 59.4 Å². The first kappa shape index (κ1) is 14.8. The van der Waals surface area contributed by atoms with Crippen molar-refractivity contribution in [3.05, 3.63) is 65.0 Å². The van der Waals surface area contributed by atoms with Crippen LogP contribution >= 0.6 is 23.2 Å². The summed E-state index contributed by atoms with van der Waals surface area (Å²) in [4.78, 5) is 4.39. The summed E-state index contributed by atoms with van der Waals surface area (Å²) in [6, 6.07) is 12.9. The fourth-order valence-corrected chi connectivity index (χ4v) is 2.12. The minimum atomic E-state index is 0.389. The van der Waals surface area contributed by atoms with E-state index in [1.54, 1.807) is 12.1 Å². The van der Waals surface area contributed by atoms with Gasteiger partial charge in [0.15, 0.2) is 5.58 Å². The lowest BCUT2D eigenvalue weighted by Gasteiger charge is -1.97. The number of ether oxygens (including phenoxy) is 2. The van der Waals surface area contributed by atoms with E-state index in [1.165, 1.54) is 12.5 Å². The molecule has 112 valence electrons. The first-order valence-corrected chi connectivity index (χ1v) is 7.19. The van der Waals surface area contributed by atoms with Gasteiger partial charge < -0.3 is 13.9 Å². The highest BCUT2D eigenvalue weighted by Crippen LogP contribution is 2.29. The van der Waals surface area contributed by atoms with E-state index in [-0.39, 0.29) is 0 Å². The molecule has 0 atom stereocenters. The highest BCUT2D eigenvalue weighted by atomic mass is 35.5. The lowest BCUT2D eigenvalue weighted by molar-refractivity contribution is 0.0920. The number of oxazole rings is 1. The quantitative estimate of drug-likeness (QED) is 0.608. The fraction of sp³-hybridized carbons (Fsp3) is 0.0625. The maximum absolute atomic E-state index is 5.96. The zero-order valence-electron chi connectivity index (χ0n) is 11.3. The Balaban J connectivity index is 0.000000246. The second-order valence-corrected chi connectivity index (χ2v) is 5.15. The number of hydrogen-bond donors (Lipinski definition) is 0. The second kappa shape index (κ2) is 6.73. The molecular formula is C16H11Cl2NO3. The molecule has 1 aromatic heterocycles. The van der Waals surface area contributed by atoms with E-state index in [0.29, 0.717) is 22.7 Å². The molecule has 0 N–H and O–H groups in total. The predicted octanol–water partition coefficient (Wildman–Crippen LogP) is 5.26. The van der Waals surface area contributed by atoms with Gasteiger partial charge in [-0.3, -0.25) is 0 Å². The topological polar surface area (TPSA) is 44.5 Å². The van der Waals surface area contributed by atoms with Crippen LogP contribution in [0.3, 0.4) is 0 Å². The molecule has 0 saturated heterocycles. The fourth-order valence-electron chi connectivity index (χ4n) is 1.82. The van der Waals surface area contributed by atoms with Gasteiger partial charge in [-0.15, -0.1) is 0 Å². The molecule has 1 aliphatic heterocycles. The molecule has 0 saturated carbocycles. The highest BCUT2D eigenvalue weighted by Gasteiger charge is 2.09. The van der Waals surface area contributed by atoms with Crippen LogP contribution in [-0.4, -0.2) is 11.8 Å². The number of para-hydroxylation sites is 2. The molecule has 22 heavy (non-hydrogen) atoms. The van der Waals surface area contributed by atoms with Crippen molar-refractivity contribution in [3.8, 4) is 11.5 Å². The van der Waals surface area contributed by atoms with E-state index in [1.807, 2.05) is 30.3 Å². The molecular weight excluding hydrogens is 325 g/mol. The van der Waals surface area contributed by atoms with Crippen LogP contribution in [0.4, 0.5) is 0 Å². The average Bonchev–Trinajstić information content (AvgIpc) is 3.22. The van der Waals surface area contributed by atoms with Crippen LogP contribution in [0.1, 0.15) is 0 Å². The Morgan fingerprint density at radius 2 is 1.68 bits per heavy atom. The van der Waals surface area contributed by atoms with Gasteiger partial charge in [0.25, 0.3) is 0 Å². The SMILES string of the molecule is C1=COCO1.Clc1ccc(-c2nc3ccccc3o2)cc1Cl. The third-order valence-corrected chi connectivity index (χ3v) is 3.58. The van der Waals surface area contributed by atoms with E-state index in [0.717, 1.165) is 16.7 Å². The van der Waals surface area contributed by atoms with E-state index in [4.69, 9.17) is 27.6 Å². The molecule has 3 aromatic rings. The summed E-state index contributed by atoms with van der Waals surface area (Å²) in [5, 5.41) is 1.01. The van der Waals surface area contributed by atoms with Crippen LogP contribution in [-0.2, 0) is 9.47 Å². The normalized spacial score (nSPS) is 12.5. The first-order valence-electron chi connectivity index (χ1n) is 6.43. The smallest absolute Gasteiger partial charge is 0.229 e. The summed E-state index contributed by atoms with van der Waals surface area (Å²) >= 11 is 11.8. The van der Waals surface area contributed by atoms with Crippen LogP contribution in [0.5, 0.6) is 0 Å². The molecule has 0 radical (unpaired) electrons. The van der Waals surface area contributed by atoms with Gasteiger partial charge in [0, 0.05) is 5.56 Å². The second-order valence-electron chi connectivity index (χ2n) is 4.34. The third kappa shape index (κ3) is 3.35. The molecule has 2 heterocycles. The standard InChI is InChI=1S/C13H7Cl2NO.C3H4O2/c14-9-6-5-8(7-10(9)15)13-16-11-3-1-2-4-12(11)17-13;1-2-5-3-4-1/h1-7H;1-2H,3H2. The number of benzene rings is 2. The van der Waals surface area contributed by atoms with Gasteiger partial charge in [-0.05, 0) is 30.3 Å². The number of hydrogen-bond acceptors (Lipinski definition) is 4. The Labute approximate surface area is 136 Å². The Hall–Kier alpha value is -2.17. The van der Waals surface area contributed by atoms with Gasteiger partial charge in [0.1, 0.15) is 18.0 Å². The molecule has 0 spiro atoms. The molecule has 1 aliphatic rings. The molecule has 0 unspecified atom stereocenters. The van der Waals surface area contributed by atoms with Gasteiger partial charge >= 0.3 is 0 Å². The summed E-state index contributed by atoms with van der Waals surface area (Å²) < 4.78 is 14.7. The maximum Gasteiger partial charge on any atom is 0.229 e. The molecule has 0 fully saturated rings. The van der Waals surface area contributed by atoms with E-state index < -0.39 is 0 Å². The largest absolute Gasteiger partial charge is 0.462 e. The van der Waals surface area contributed by atoms with Gasteiger partial charge in [0.2, 0.25) is 12.7 Å². The van der Waals surface area contributed by atoms with Crippen molar-refractivity contribution in [2.24, 2.45) is 0 Å². The summed E-state index contributed by atoms with van der Waals surface area (Å²) in [6.07, 6.45) is 3.03. The molecule has 4 nitrogen and oxygen atoms in total. The van der Waals surface area contributed by atoms with E-state index >= 15 is 0 Å². The van der Waals surface area contributed by atoms with Crippen molar-refractivity contribution in [2.45, 2.75) is 0 Å². The van der Waals surface area contributed by atoms with Crippen molar-refractivity contribution in [1.82, 2.24) is 4.98 Å². The zero-order chi connectivity index (χ0) is 15.4. The molecule has 0 aliphatic carbocycles. The lowest BCUT2D eigenvalue weighted by atomic mass is 10.2. The highest BCUT2D eigenvalue weighted by molar-refractivity contribution is 6.42. The summed E-state index contributed by atoms with van der Waals surface area (Å²) in [7, 11) is 0. The summed E-state index contributed by atoms with van der Waals surface area (Å²) in [6.45, 7) is 0.389. The monoisotopic (exact) mass is 335 g/mol. The summed E-state index contributed by atoms with van der Waals surface area (Å²) in [5.41, 5.74) is 2.40. The van der Waals surface area contributed by atoms with Crippen molar-refractivity contribution in [1.29, 1.82) is 0 Å². The lowest BCUT2D eigenvalue weighted by Crippen LogP contribution is -1.77. The van der Waals surface area contributed by atoms with Gasteiger partial charge in [-0.2, -0.15) is 0 Å². The van der Waals surface area contributed by atoms with Crippen molar-refractivity contribution >= 4 is 34.3 Å². The molecule has 6 heteroatoms.